The van der Waals surface area contributed by atoms with Crippen molar-refractivity contribution >= 4 is 15.9 Å². The predicted octanol–water partition coefficient (Wildman–Crippen LogP) is 3.46. The molecular formula is C13H12BrN3O. The number of hydrogen-bond acceptors (Lipinski definition) is 3. The van der Waals surface area contributed by atoms with Crippen molar-refractivity contribution in [2.75, 3.05) is 0 Å². The molecule has 5 heteroatoms. The summed E-state index contributed by atoms with van der Waals surface area (Å²) in [7, 11) is 1.87. The molecule has 0 aliphatic rings. The highest BCUT2D eigenvalue weighted by molar-refractivity contribution is 9.10. The van der Waals surface area contributed by atoms with Crippen LogP contribution in [0.5, 0.6) is 11.5 Å². The van der Waals surface area contributed by atoms with Crippen molar-refractivity contribution in [3.05, 3.63) is 39.6 Å². The van der Waals surface area contributed by atoms with Gasteiger partial charge >= 0.3 is 0 Å². The minimum atomic E-state index is 0.554. The van der Waals surface area contributed by atoms with Crippen LogP contribution < -0.4 is 4.74 Å². The average molecular weight is 306 g/mol. The standard InChI is InChI=1S/C13H12BrN3O/c1-8-13(9(2)17(3)16-8)18-12-5-10(7-15)4-11(14)6-12/h4-6H,1-3H3. The maximum atomic E-state index is 8.92. The van der Waals surface area contributed by atoms with E-state index < -0.39 is 0 Å². The first-order valence-corrected chi connectivity index (χ1v) is 6.19. The Kier molecular flexibility index (Phi) is 3.39. The Morgan fingerprint density at radius 3 is 2.61 bits per heavy atom. The van der Waals surface area contributed by atoms with E-state index in [4.69, 9.17) is 10.00 Å². The summed E-state index contributed by atoms with van der Waals surface area (Å²) in [5, 5.41) is 13.2. The molecule has 1 heterocycles. The van der Waals surface area contributed by atoms with Crippen molar-refractivity contribution in [1.82, 2.24) is 9.78 Å². The molecule has 4 nitrogen and oxygen atoms in total. The molecule has 2 rings (SSSR count). The zero-order valence-corrected chi connectivity index (χ0v) is 11.9. The summed E-state index contributed by atoms with van der Waals surface area (Å²) in [4.78, 5) is 0. The lowest BCUT2D eigenvalue weighted by molar-refractivity contribution is 0.473. The van der Waals surface area contributed by atoms with Gasteiger partial charge in [0.25, 0.3) is 0 Å². The quantitative estimate of drug-likeness (QED) is 0.853. The summed E-state index contributed by atoms with van der Waals surface area (Å²) in [6.07, 6.45) is 0. The molecule has 0 aliphatic carbocycles. The average Bonchev–Trinajstić information content (AvgIpc) is 2.55. The van der Waals surface area contributed by atoms with Crippen molar-refractivity contribution in [2.45, 2.75) is 13.8 Å². The van der Waals surface area contributed by atoms with E-state index in [-0.39, 0.29) is 0 Å². The van der Waals surface area contributed by atoms with Crippen molar-refractivity contribution in [2.24, 2.45) is 7.05 Å². The van der Waals surface area contributed by atoms with E-state index in [9.17, 15) is 0 Å². The first-order valence-electron chi connectivity index (χ1n) is 5.40. The molecule has 0 N–H and O–H groups in total. The van der Waals surface area contributed by atoms with Gasteiger partial charge in [-0.05, 0) is 32.0 Å². The minimum Gasteiger partial charge on any atom is -0.453 e. The molecule has 1 aromatic heterocycles. The van der Waals surface area contributed by atoms with Crippen LogP contribution in [0.15, 0.2) is 22.7 Å². The molecule has 0 saturated carbocycles. The number of ether oxygens (including phenoxy) is 1. The van der Waals surface area contributed by atoms with Crippen LogP contribution in [-0.4, -0.2) is 9.78 Å². The Morgan fingerprint density at radius 1 is 1.33 bits per heavy atom. The zero-order chi connectivity index (χ0) is 13.3. The molecule has 0 amide bonds. The van der Waals surface area contributed by atoms with Crippen LogP contribution >= 0.6 is 15.9 Å². The lowest BCUT2D eigenvalue weighted by atomic mass is 10.2. The molecule has 18 heavy (non-hydrogen) atoms. The first-order chi connectivity index (χ1) is 8.51. The Bertz CT molecular complexity index is 640. The van der Waals surface area contributed by atoms with Gasteiger partial charge in [0, 0.05) is 11.5 Å². The van der Waals surface area contributed by atoms with Crippen molar-refractivity contribution < 1.29 is 4.74 Å². The molecule has 2 aromatic rings. The smallest absolute Gasteiger partial charge is 0.171 e. The third-order valence-corrected chi connectivity index (χ3v) is 3.12. The van der Waals surface area contributed by atoms with Crippen LogP contribution in [0.25, 0.3) is 0 Å². The number of halogens is 1. The SMILES string of the molecule is Cc1nn(C)c(C)c1Oc1cc(Br)cc(C#N)c1. The van der Waals surface area contributed by atoms with Gasteiger partial charge in [-0.1, -0.05) is 15.9 Å². The van der Waals surface area contributed by atoms with Gasteiger partial charge in [0.2, 0.25) is 0 Å². The van der Waals surface area contributed by atoms with Gasteiger partial charge < -0.3 is 4.74 Å². The second-order valence-corrected chi connectivity index (χ2v) is 4.93. The molecule has 0 spiro atoms. The van der Waals surface area contributed by atoms with E-state index in [2.05, 4.69) is 27.1 Å². The normalized spacial score (nSPS) is 10.2. The Hall–Kier alpha value is -1.80. The lowest BCUT2D eigenvalue weighted by Crippen LogP contribution is -1.93. The largest absolute Gasteiger partial charge is 0.453 e. The van der Waals surface area contributed by atoms with Gasteiger partial charge in [-0.2, -0.15) is 10.4 Å². The number of hydrogen-bond donors (Lipinski definition) is 0. The third kappa shape index (κ3) is 2.39. The topological polar surface area (TPSA) is 50.8 Å². The Labute approximate surface area is 114 Å². The van der Waals surface area contributed by atoms with Crippen LogP contribution in [-0.2, 0) is 7.05 Å². The summed E-state index contributed by atoms with van der Waals surface area (Å²) in [6.45, 7) is 3.84. The van der Waals surface area contributed by atoms with E-state index in [0.717, 1.165) is 21.6 Å². The number of rotatable bonds is 2. The number of nitrogens with zero attached hydrogens (tertiary/aromatic N) is 3. The maximum Gasteiger partial charge on any atom is 0.171 e. The van der Waals surface area contributed by atoms with Gasteiger partial charge in [0.1, 0.15) is 11.4 Å². The third-order valence-electron chi connectivity index (χ3n) is 2.66. The van der Waals surface area contributed by atoms with Crippen molar-refractivity contribution in [3.8, 4) is 17.6 Å². The molecule has 92 valence electrons. The molecule has 0 unspecified atom stereocenters. The van der Waals surface area contributed by atoms with E-state index in [1.165, 1.54) is 0 Å². The maximum absolute atomic E-state index is 8.92. The fourth-order valence-corrected chi connectivity index (χ4v) is 2.18. The van der Waals surface area contributed by atoms with Gasteiger partial charge in [-0.25, -0.2) is 0 Å². The Balaban J connectivity index is 2.40. The number of nitriles is 1. The fourth-order valence-electron chi connectivity index (χ4n) is 1.71. The summed E-state index contributed by atoms with van der Waals surface area (Å²) in [6, 6.07) is 7.37. The van der Waals surface area contributed by atoms with Gasteiger partial charge in [0.15, 0.2) is 5.75 Å². The van der Waals surface area contributed by atoms with Gasteiger partial charge in [-0.3, -0.25) is 4.68 Å². The van der Waals surface area contributed by atoms with Crippen LogP contribution in [0.2, 0.25) is 0 Å². The van der Waals surface area contributed by atoms with E-state index in [1.807, 2.05) is 27.0 Å². The zero-order valence-electron chi connectivity index (χ0n) is 10.4. The fraction of sp³-hybridized carbons (Fsp3) is 0.231. The highest BCUT2D eigenvalue weighted by atomic mass is 79.9. The monoisotopic (exact) mass is 305 g/mol. The highest BCUT2D eigenvalue weighted by Crippen LogP contribution is 2.30. The summed E-state index contributed by atoms with van der Waals surface area (Å²) in [5.41, 5.74) is 2.33. The van der Waals surface area contributed by atoms with Crippen LogP contribution in [0, 0.1) is 25.2 Å². The summed E-state index contributed by atoms with van der Waals surface area (Å²) in [5.74, 6) is 1.36. The molecule has 1 aromatic carbocycles. The first kappa shape index (κ1) is 12.7. The van der Waals surface area contributed by atoms with Crippen LogP contribution in [0.4, 0.5) is 0 Å². The molecule has 0 aliphatic heterocycles. The second kappa shape index (κ2) is 4.83. The Morgan fingerprint density at radius 2 is 2.06 bits per heavy atom. The predicted molar refractivity (Wildman–Crippen MR) is 71.6 cm³/mol. The molecule has 0 atom stereocenters. The van der Waals surface area contributed by atoms with E-state index in [1.54, 1.807) is 16.8 Å². The number of benzene rings is 1. The van der Waals surface area contributed by atoms with Crippen LogP contribution in [0.3, 0.4) is 0 Å². The lowest BCUT2D eigenvalue weighted by Gasteiger charge is -2.07. The number of aromatic nitrogens is 2. The van der Waals surface area contributed by atoms with Gasteiger partial charge in [-0.15, -0.1) is 0 Å². The minimum absolute atomic E-state index is 0.554. The van der Waals surface area contributed by atoms with Crippen LogP contribution in [0.1, 0.15) is 17.0 Å². The van der Waals surface area contributed by atoms with E-state index in [0.29, 0.717) is 11.3 Å². The van der Waals surface area contributed by atoms with Crippen molar-refractivity contribution in [1.29, 1.82) is 5.26 Å². The molecular weight excluding hydrogens is 294 g/mol. The van der Waals surface area contributed by atoms with E-state index >= 15 is 0 Å². The molecule has 0 bridgehead atoms. The second-order valence-electron chi connectivity index (χ2n) is 4.01. The highest BCUT2D eigenvalue weighted by Gasteiger charge is 2.12. The van der Waals surface area contributed by atoms with Crippen molar-refractivity contribution in [3.63, 3.8) is 0 Å². The molecule has 0 fully saturated rings. The van der Waals surface area contributed by atoms with Gasteiger partial charge in [0.05, 0.1) is 17.3 Å². The molecule has 0 radical (unpaired) electrons. The summed E-state index contributed by atoms with van der Waals surface area (Å²) >= 11 is 3.36. The molecule has 0 saturated heterocycles. The number of aryl methyl sites for hydroxylation is 2. The summed E-state index contributed by atoms with van der Waals surface area (Å²) < 4.78 is 8.41.